The van der Waals surface area contributed by atoms with E-state index in [2.05, 4.69) is 4.98 Å². The van der Waals surface area contributed by atoms with Gasteiger partial charge in [-0.3, -0.25) is 4.98 Å². The largest absolute Gasteiger partial charge is 0.339 e. The standard InChI is InChI=1S/C16H12ClF3N2/c17-11-4-3-10(6-12(11)18)22-9-15(7-16(19,20)8-15)14-13(22)2-1-5-21-14/h1-6H,7-9H2. The normalized spacial score (nSPS) is 20.8. The number of anilines is 2. The van der Waals surface area contributed by atoms with Crippen molar-refractivity contribution in [2.24, 2.45) is 0 Å². The molecular formula is C16H12ClF3N2. The Hall–Kier alpha value is -1.75. The van der Waals surface area contributed by atoms with Gasteiger partial charge in [-0.15, -0.1) is 0 Å². The smallest absolute Gasteiger partial charge is 0.250 e. The molecule has 4 rings (SSSR count). The maximum absolute atomic E-state index is 13.7. The van der Waals surface area contributed by atoms with Crippen LogP contribution in [0, 0.1) is 5.82 Å². The molecule has 0 atom stereocenters. The molecule has 114 valence electrons. The quantitative estimate of drug-likeness (QED) is 0.756. The van der Waals surface area contributed by atoms with Crippen molar-refractivity contribution >= 4 is 23.0 Å². The minimum atomic E-state index is -2.64. The van der Waals surface area contributed by atoms with Crippen LogP contribution in [0.15, 0.2) is 36.5 Å². The molecule has 0 amide bonds. The zero-order valence-corrected chi connectivity index (χ0v) is 12.2. The second-order valence-corrected chi connectivity index (χ2v) is 6.45. The first-order valence-corrected chi connectivity index (χ1v) is 7.34. The van der Waals surface area contributed by atoms with Crippen LogP contribution in [-0.4, -0.2) is 17.5 Å². The summed E-state index contributed by atoms with van der Waals surface area (Å²) in [4.78, 5) is 6.17. The van der Waals surface area contributed by atoms with Gasteiger partial charge in [0, 0.05) is 36.7 Å². The van der Waals surface area contributed by atoms with Gasteiger partial charge in [0.25, 0.3) is 0 Å². The molecule has 2 aromatic rings. The molecule has 2 aliphatic rings. The van der Waals surface area contributed by atoms with Crippen LogP contribution in [0.1, 0.15) is 18.5 Å². The summed E-state index contributed by atoms with van der Waals surface area (Å²) in [5.74, 6) is -3.17. The van der Waals surface area contributed by atoms with Crippen LogP contribution in [0.5, 0.6) is 0 Å². The molecule has 22 heavy (non-hydrogen) atoms. The van der Waals surface area contributed by atoms with Gasteiger partial charge in [0.1, 0.15) is 5.82 Å². The Labute approximate surface area is 130 Å². The van der Waals surface area contributed by atoms with E-state index in [9.17, 15) is 13.2 Å². The minimum absolute atomic E-state index is 0.0410. The summed E-state index contributed by atoms with van der Waals surface area (Å²) in [6.07, 6.45) is 1.19. The van der Waals surface area contributed by atoms with Crippen molar-refractivity contribution in [2.45, 2.75) is 24.2 Å². The van der Waals surface area contributed by atoms with Crippen LogP contribution in [0.2, 0.25) is 5.02 Å². The zero-order valence-electron chi connectivity index (χ0n) is 11.5. The van der Waals surface area contributed by atoms with Gasteiger partial charge in [0.05, 0.1) is 16.4 Å². The van der Waals surface area contributed by atoms with Crippen molar-refractivity contribution in [3.63, 3.8) is 0 Å². The topological polar surface area (TPSA) is 16.1 Å². The van der Waals surface area contributed by atoms with E-state index in [1.165, 1.54) is 12.1 Å². The summed E-state index contributed by atoms with van der Waals surface area (Å²) >= 11 is 5.71. The lowest BCUT2D eigenvalue weighted by molar-refractivity contribution is -0.122. The first-order valence-electron chi connectivity index (χ1n) is 6.96. The molecule has 1 aromatic carbocycles. The number of halogens is 4. The molecular weight excluding hydrogens is 313 g/mol. The highest BCUT2D eigenvalue weighted by Gasteiger charge is 2.62. The van der Waals surface area contributed by atoms with Gasteiger partial charge in [-0.25, -0.2) is 13.2 Å². The summed E-state index contributed by atoms with van der Waals surface area (Å²) in [5, 5.41) is 0.0410. The minimum Gasteiger partial charge on any atom is -0.339 e. The highest BCUT2D eigenvalue weighted by atomic mass is 35.5. The molecule has 2 heterocycles. The molecule has 0 saturated heterocycles. The Morgan fingerprint density at radius 1 is 1.18 bits per heavy atom. The van der Waals surface area contributed by atoms with Crippen molar-refractivity contribution in [3.05, 3.63) is 53.1 Å². The van der Waals surface area contributed by atoms with E-state index in [1.54, 1.807) is 18.3 Å². The molecule has 1 fully saturated rings. The molecule has 1 aliphatic heterocycles. The van der Waals surface area contributed by atoms with Crippen molar-refractivity contribution in [1.29, 1.82) is 0 Å². The predicted octanol–water partition coefficient (Wildman–Crippen LogP) is 4.69. The van der Waals surface area contributed by atoms with Gasteiger partial charge in [-0.2, -0.15) is 0 Å². The Bertz CT molecular complexity index is 755. The molecule has 0 N–H and O–H groups in total. The van der Waals surface area contributed by atoms with E-state index < -0.39 is 17.2 Å². The molecule has 0 radical (unpaired) electrons. The van der Waals surface area contributed by atoms with Crippen molar-refractivity contribution in [2.75, 3.05) is 11.4 Å². The SMILES string of the molecule is Fc1cc(N2CC3(CC(F)(F)C3)c3ncccc32)ccc1Cl. The maximum Gasteiger partial charge on any atom is 0.250 e. The third kappa shape index (κ3) is 1.92. The van der Waals surface area contributed by atoms with Crippen LogP contribution in [0.3, 0.4) is 0 Å². The number of hydrogen-bond donors (Lipinski definition) is 0. The Morgan fingerprint density at radius 3 is 2.64 bits per heavy atom. The van der Waals surface area contributed by atoms with E-state index >= 15 is 0 Å². The van der Waals surface area contributed by atoms with E-state index in [-0.39, 0.29) is 17.9 Å². The molecule has 1 aromatic heterocycles. The average molecular weight is 325 g/mol. The lowest BCUT2D eigenvalue weighted by Crippen LogP contribution is -2.51. The van der Waals surface area contributed by atoms with Crippen molar-refractivity contribution in [1.82, 2.24) is 4.98 Å². The number of aromatic nitrogens is 1. The molecule has 1 spiro atoms. The van der Waals surface area contributed by atoms with Gasteiger partial charge in [-0.05, 0) is 30.3 Å². The molecule has 1 aliphatic carbocycles. The van der Waals surface area contributed by atoms with Crippen LogP contribution < -0.4 is 4.90 Å². The average Bonchev–Trinajstić information content (AvgIpc) is 2.76. The number of hydrogen-bond acceptors (Lipinski definition) is 2. The molecule has 2 nitrogen and oxygen atoms in total. The Kier molecular flexibility index (Phi) is 2.77. The Balaban J connectivity index is 1.78. The lowest BCUT2D eigenvalue weighted by atomic mass is 9.65. The molecule has 6 heteroatoms. The molecule has 0 unspecified atom stereocenters. The van der Waals surface area contributed by atoms with E-state index in [4.69, 9.17) is 11.6 Å². The Morgan fingerprint density at radius 2 is 1.95 bits per heavy atom. The monoisotopic (exact) mass is 324 g/mol. The predicted molar refractivity (Wildman–Crippen MR) is 78.5 cm³/mol. The third-order valence-corrected chi connectivity index (χ3v) is 4.76. The summed E-state index contributed by atoms with van der Waals surface area (Å²) < 4.78 is 40.6. The number of alkyl halides is 2. The van der Waals surface area contributed by atoms with E-state index in [0.717, 1.165) is 5.69 Å². The van der Waals surface area contributed by atoms with Gasteiger partial charge in [0.15, 0.2) is 0 Å². The lowest BCUT2D eigenvalue weighted by Gasteiger charge is -2.44. The number of benzene rings is 1. The summed E-state index contributed by atoms with van der Waals surface area (Å²) in [7, 11) is 0. The fourth-order valence-electron chi connectivity index (χ4n) is 3.59. The fourth-order valence-corrected chi connectivity index (χ4v) is 3.70. The fraction of sp³-hybridized carbons (Fsp3) is 0.312. The van der Waals surface area contributed by atoms with Gasteiger partial charge < -0.3 is 4.90 Å². The summed E-state index contributed by atoms with van der Waals surface area (Å²) in [6.45, 7) is 0.385. The van der Waals surface area contributed by atoms with Crippen LogP contribution in [0.4, 0.5) is 24.5 Å². The highest BCUT2D eigenvalue weighted by Crippen LogP contribution is 2.59. The van der Waals surface area contributed by atoms with Gasteiger partial charge in [-0.1, -0.05) is 11.6 Å². The van der Waals surface area contributed by atoms with Gasteiger partial charge in [0.2, 0.25) is 5.92 Å². The summed E-state index contributed by atoms with van der Waals surface area (Å²) in [6, 6.07) is 8.09. The van der Waals surface area contributed by atoms with E-state index in [0.29, 0.717) is 17.9 Å². The van der Waals surface area contributed by atoms with Crippen molar-refractivity contribution in [3.8, 4) is 0 Å². The molecule has 0 bridgehead atoms. The highest BCUT2D eigenvalue weighted by molar-refractivity contribution is 6.30. The number of fused-ring (bicyclic) bond motifs is 2. The second kappa shape index (κ2) is 4.38. The van der Waals surface area contributed by atoms with Crippen LogP contribution in [-0.2, 0) is 5.41 Å². The summed E-state index contributed by atoms with van der Waals surface area (Å²) in [5.41, 5.74) is 1.40. The number of rotatable bonds is 1. The van der Waals surface area contributed by atoms with Crippen LogP contribution >= 0.6 is 11.6 Å². The first-order chi connectivity index (χ1) is 10.4. The number of pyridine rings is 1. The zero-order chi connectivity index (χ0) is 15.5. The van der Waals surface area contributed by atoms with Gasteiger partial charge >= 0.3 is 0 Å². The molecule has 1 saturated carbocycles. The van der Waals surface area contributed by atoms with Crippen LogP contribution in [0.25, 0.3) is 0 Å². The van der Waals surface area contributed by atoms with Crippen molar-refractivity contribution < 1.29 is 13.2 Å². The number of nitrogens with zero attached hydrogens (tertiary/aromatic N) is 2. The maximum atomic E-state index is 13.7. The second-order valence-electron chi connectivity index (χ2n) is 6.05. The third-order valence-electron chi connectivity index (χ3n) is 4.45. The van der Waals surface area contributed by atoms with E-state index in [1.807, 2.05) is 11.0 Å². The first kappa shape index (κ1) is 13.9.